The molecule has 0 saturated heterocycles. The van der Waals surface area contributed by atoms with Gasteiger partial charge in [-0.3, -0.25) is 10.1 Å². The fourth-order valence-corrected chi connectivity index (χ4v) is 1.56. The first-order valence-corrected chi connectivity index (χ1v) is 5.90. The molecule has 0 N–H and O–H groups in total. The average Bonchev–Trinajstić information content (AvgIpc) is 2.34. The van der Waals surface area contributed by atoms with E-state index in [0.717, 1.165) is 6.54 Å². The second kappa shape index (κ2) is 6.99. The number of nitro benzene ring substituents is 1. The molecule has 0 fully saturated rings. The molecular weight excluding hydrogens is 272 g/mol. The highest BCUT2D eigenvalue weighted by atomic mass is 19.3. The third-order valence-corrected chi connectivity index (χ3v) is 2.68. The zero-order valence-electron chi connectivity index (χ0n) is 11.5. The molecule has 20 heavy (non-hydrogen) atoms. The summed E-state index contributed by atoms with van der Waals surface area (Å²) in [5, 5.41) is 10.8. The Morgan fingerprint density at radius 3 is 2.45 bits per heavy atom. The minimum atomic E-state index is -3.10. The predicted molar refractivity (Wildman–Crippen MR) is 71.6 cm³/mol. The third-order valence-electron chi connectivity index (χ3n) is 2.68. The smallest absolute Gasteiger partial charge is 0.387 e. The number of halogens is 2. The molecule has 6 nitrogen and oxygen atoms in total. The topological polar surface area (TPSA) is 58.9 Å². The van der Waals surface area contributed by atoms with E-state index in [1.54, 1.807) is 7.05 Å². The van der Waals surface area contributed by atoms with Crippen molar-refractivity contribution in [2.75, 3.05) is 39.1 Å². The minimum absolute atomic E-state index is 0.431. The van der Waals surface area contributed by atoms with Gasteiger partial charge in [-0.25, -0.2) is 0 Å². The lowest BCUT2D eigenvalue weighted by molar-refractivity contribution is -0.386. The average molecular weight is 289 g/mol. The van der Waals surface area contributed by atoms with Crippen LogP contribution >= 0.6 is 0 Å². The zero-order valence-corrected chi connectivity index (χ0v) is 11.5. The predicted octanol–water partition coefficient (Wildman–Crippen LogP) is 2.19. The Hall–Kier alpha value is -1.96. The summed E-state index contributed by atoms with van der Waals surface area (Å²) < 4.78 is 28.8. The Bertz CT molecular complexity index is 469. The van der Waals surface area contributed by atoms with Crippen LogP contribution in [0.3, 0.4) is 0 Å². The molecule has 0 spiro atoms. The molecule has 112 valence electrons. The van der Waals surface area contributed by atoms with Crippen LogP contribution in [0.15, 0.2) is 18.2 Å². The highest BCUT2D eigenvalue weighted by Gasteiger charge is 2.19. The maximum Gasteiger partial charge on any atom is 0.387 e. The van der Waals surface area contributed by atoms with Crippen molar-refractivity contribution in [1.29, 1.82) is 0 Å². The van der Waals surface area contributed by atoms with E-state index in [0.29, 0.717) is 12.2 Å². The SMILES string of the molecule is CN(C)CCN(C)c1ccc([N+](=O)[O-])c(OC(F)F)c1. The van der Waals surface area contributed by atoms with E-state index in [9.17, 15) is 18.9 Å². The Morgan fingerprint density at radius 1 is 1.30 bits per heavy atom. The van der Waals surface area contributed by atoms with Crippen molar-refractivity contribution < 1.29 is 18.4 Å². The summed E-state index contributed by atoms with van der Waals surface area (Å²) in [4.78, 5) is 13.8. The first-order valence-electron chi connectivity index (χ1n) is 5.90. The largest absolute Gasteiger partial charge is 0.427 e. The van der Waals surface area contributed by atoms with Crippen molar-refractivity contribution in [2.24, 2.45) is 0 Å². The van der Waals surface area contributed by atoms with Crippen LogP contribution in [0.5, 0.6) is 5.75 Å². The lowest BCUT2D eigenvalue weighted by Crippen LogP contribution is -2.28. The summed E-state index contributed by atoms with van der Waals surface area (Å²) >= 11 is 0. The second-order valence-electron chi connectivity index (χ2n) is 4.51. The van der Waals surface area contributed by atoms with E-state index >= 15 is 0 Å². The number of nitro groups is 1. The fourth-order valence-electron chi connectivity index (χ4n) is 1.56. The molecule has 0 saturated carbocycles. The second-order valence-corrected chi connectivity index (χ2v) is 4.51. The maximum absolute atomic E-state index is 12.3. The van der Waals surface area contributed by atoms with Gasteiger partial charge in [0.1, 0.15) is 0 Å². The first kappa shape index (κ1) is 16.1. The molecule has 0 aliphatic heterocycles. The van der Waals surface area contributed by atoms with E-state index in [4.69, 9.17) is 0 Å². The summed E-state index contributed by atoms with van der Waals surface area (Å²) in [7, 11) is 5.60. The van der Waals surface area contributed by atoms with Crippen molar-refractivity contribution >= 4 is 11.4 Å². The molecule has 1 aromatic rings. The van der Waals surface area contributed by atoms with Gasteiger partial charge in [0.05, 0.1) is 4.92 Å². The molecular formula is C12H17F2N3O3. The molecule has 0 aromatic heterocycles. The Balaban J connectivity index is 2.96. The Kier molecular flexibility index (Phi) is 5.63. The Morgan fingerprint density at radius 2 is 1.95 bits per heavy atom. The molecule has 0 bridgehead atoms. The zero-order chi connectivity index (χ0) is 15.3. The number of hydrogen-bond acceptors (Lipinski definition) is 5. The van der Waals surface area contributed by atoms with Gasteiger partial charge in [0.25, 0.3) is 0 Å². The van der Waals surface area contributed by atoms with E-state index in [1.807, 2.05) is 23.9 Å². The number of nitrogens with zero attached hydrogens (tertiary/aromatic N) is 3. The van der Waals surface area contributed by atoms with Crippen LogP contribution in [-0.4, -0.2) is 50.7 Å². The minimum Gasteiger partial charge on any atom is -0.427 e. The van der Waals surface area contributed by atoms with Gasteiger partial charge in [-0.2, -0.15) is 8.78 Å². The summed E-state index contributed by atoms with van der Waals surface area (Å²) in [5.41, 5.74) is 0.100. The van der Waals surface area contributed by atoms with Gasteiger partial charge in [-0.05, 0) is 20.2 Å². The van der Waals surface area contributed by atoms with Gasteiger partial charge in [-0.15, -0.1) is 0 Å². The summed E-state index contributed by atoms with van der Waals surface area (Å²) in [6.07, 6.45) is 0. The first-order chi connectivity index (χ1) is 9.31. The highest BCUT2D eigenvalue weighted by molar-refractivity contribution is 5.59. The van der Waals surface area contributed by atoms with Crippen LogP contribution in [0.1, 0.15) is 0 Å². The van der Waals surface area contributed by atoms with E-state index < -0.39 is 23.0 Å². The molecule has 1 aromatic carbocycles. The lowest BCUT2D eigenvalue weighted by Gasteiger charge is -2.22. The van der Waals surface area contributed by atoms with E-state index in [2.05, 4.69) is 4.74 Å². The van der Waals surface area contributed by atoms with E-state index in [1.165, 1.54) is 18.2 Å². The van der Waals surface area contributed by atoms with Crippen LogP contribution in [-0.2, 0) is 0 Å². The molecule has 0 aliphatic carbocycles. The fraction of sp³-hybridized carbons (Fsp3) is 0.500. The summed E-state index contributed by atoms with van der Waals surface area (Å²) in [6.45, 7) is -1.69. The standard InChI is InChI=1S/C12H17F2N3O3/c1-15(2)6-7-16(3)9-4-5-10(17(18)19)11(8-9)20-12(13)14/h4-5,8,12H,6-7H2,1-3H3. The maximum atomic E-state index is 12.3. The van der Waals surface area contributed by atoms with Crippen molar-refractivity contribution in [2.45, 2.75) is 6.61 Å². The number of hydrogen-bond donors (Lipinski definition) is 0. The van der Waals surface area contributed by atoms with E-state index in [-0.39, 0.29) is 0 Å². The monoisotopic (exact) mass is 289 g/mol. The van der Waals surface area contributed by atoms with Gasteiger partial charge >= 0.3 is 12.3 Å². The Labute approximate surface area is 115 Å². The summed E-state index contributed by atoms with van der Waals surface area (Å²) in [5.74, 6) is -0.431. The molecule has 0 aliphatic rings. The van der Waals surface area contributed by atoms with Gasteiger partial charge in [0, 0.05) is 38.0 Å². The number of alkyl halides is 2. The molecule has 0 unspecified atom stereocenters. The number of likely N-dealkylation sites (N-methyl/N-ethyl adjacent to an activating group) is 2. The van der Waals surface area contributed by atoms with Gasteiger partial charge < -0.3 is 14.5 Å². The quantitative estimate of drug-likeness (QED) is 0.569. The van der Waals surface area contributed by atoms with Crippen LogP contribution in [0, 0.1) is 10.1 Å². The highest BCUT2D eigenvalue weighted by Crippen LogP contribution is 2.32. The van der Waals surface area contributed by atoms with Crippen LogP contribution in [0.25, 0.3) is 0 Å². The summed E-state index contributed by atoms with van der Waals surface area (Å²) in [6, 6.07) is 3.92. The molecule has 0 amide bonds. The van der Waals surface area contributed by atoms with Crippen LogP contribution < -0.4 is 9.64 Å². The van der Waals surface area contributed by atoms with Crippen molar-refractivity contribution in [3.63, 3.8) is 0 Å². The van der Waals surface area contributed by atoms with Crippen LogP contribution in [0.2, 0.25) is 0 Å². The number of ether oxygens (including phenoxy) is 1. The van der Waals surface area contributed by atoms with Crippen LogP contribution in [0.4, 0.5) is 20.2 Å². The molecule has 0 atom stereocenters. The molecule has 8 heteroatoms. The van der Waals surface area contributed by atoms with Crippen molar-refractivity contribution in [1.82, 2.24) is 4.90 Å². The number of anilines is 1. The normalized spacial score (nSPS) is 10.9. The van der Waals surface area contributed by atoms with Gasteiger partial charge in [-0.1, -0.05) is 0 Å². The lowest BCUT2D eigenvalue weighted by atomic mass is 10.2. The molecule has 1 rings (SSSR count). The number of benzene rings is 1. The van der Waals surface area contributed by atoms with Crippen molar-refractivity contribution in [3.05, 3.63) is 28.3 Å². The molecule has 0 radical (unpaired) electrons. The van der Waals surface area contributed by atoms with Gasteiger partial charge in [0.2, 0.25) is 5.75 Å². The number of rotatable bonds is 7. The van der Waals surface area contributed by atoms with Gasteiger partial charge in [0.15, 0.2) is 0 Å². The molecule has 0 heterocycles. The third kappa shape index (κ3) is 4.61. The van der Waals surface area contributed by atoms with Crippen molar-refractivity contribution in [3.8, 4) is 5.75 Å².